The molecule has 0 saturated carbocycles. The van der Waals surface area contributed by atoms with Crippen molar-refractivity contribution in [1.29, 1.82) is 0 Å². The van der Waals surface area contributed by atoms with Gasteiger partial charge in [-0.25, -0.2) is 0 Å². The largest absolute Gasteiger partial charge is 0.397 e. The van der Waals surface area contributed by atoms with Crippen LogP contribution in [0.2, 0.25) is 0 Å². The van der Waals surface area contributed by atoms with E-state index in [-0.39, 0.29) is 0 Å². The fourth-order valence-electron chi connectivity index (χ4n) is 1.97. The van der Waals surface area contributed by atoms with Crippen LogP contribution in [0.25, 0.3) is 10.1 Å². The van der Waals surface area contributed by atoms with E-state index in [4.69, 9.17) is 5.73 Å². The standard InChI is InChI=1S/C14H18N2O4S/c1-8-2-3-10-9(4-8)11(15)12(21-10)13(20)16-14(5-17,6-18)7-19/h2-4,17-19H,5-7,15H2,1H3,(H,16,20). The molecule has 0 bridgehead atoms. The predicted molar refractivity (Wildman–Crippen MR) is 82.4 cm³/mol. The molecule has 1 aromatic heterocycles. The van der Waals surface area contributed by atoms with Crippen LogP contribution < -0.4 is 11.1 Å². The van der Waals surface area contributed by atoms with Gasteiger partial charge in [-0.3, -0.25) is 4.79 Å². The molecule has 0 saturated heterocycles. The summed E-state index contributed by atoms with van der Waals surface area (Å²) in [7, 11) is 0. The summed E-state index contributed by atoms with van der Waals surface area (Å²) in [5, 5.41) is 31.0. The van der Waals surface area contributed by atoms with Gasteiger partial charge >= 0.3 is 0 Å². The maximum atomic E-state index is 12.3. The first-order valence-electron chi connectivity index (χ1n) is 6.40. The molecule has 6 nitrogen and oxygen atoms in total. The number of aryl methyl sites for hydroxylation is 1. The second-order valence-electron chi connectivity index (χ2n) is 5.05. The van der Waals surface area contributed by atoms with Crippen LogP contribution in [-0.2, 0) is 0 Å². The molecule has 0 radical (unpaired) electrons. The lowest BCUT2D eigenvalue weighted by Gasteiger charge is -2.28. The Hall–Kier alpha value is -1.67. The van der Waals surface area contributed by atoms with Crippen LogP contribution in [0.4, 0.5) is 5.69 Å². The summed E-state index contributed by atoms with van der Waals surface area (Å²) >= 11 is 1.23. The van der Waals surface area contributed by atoms with E-state index < -0.39 is 31.3 Å². The Morgan fingerprint density at radius 3 is 2.48 bits per heavy atom. The van der Waals surface area contributed by atoms with Crippen LogP contribution in [0, 0.1) is 6.92 Å². The van der Waals surface area contributed by atoms with Gasteiger partial charge in [0.2, 0.25) is 0 Å². The summed E-state index contributed by atoms with van der Waals surface area (Å²) in [5.74, 6) is -0.525. The molecule has 0 aliphatic rings. The summed E-state index contributed by atoms with van der Waals surface area (Å²) in [6, 6.07) is 5.72. The number of nitrogens with two attached hydrogens (primary N) is 1. The number of benzene rings is 1. The number of thiophene rings is 1. The molecule has 6 N–H and O–H groups in total. The van der Waals surface area contributed by atoms with Gasteiger partial charge in [-0.05, 0) is 19.1 Å². The van der Waals surface area contributed by atoms with E-state index in [0.29, 0.717) is 10.6 Å². The number of aliphatic hydroxyl groups excluding tert-OH is 3. The molecular formula is C14H18N2O4S. The number of aliphatic hydroxyl groups is 3. The molecule has 1 aromatic carbocycles. The molecule has 0 aliphatic heterocycles. The highest BCUT2D eigenvalue weighted by Crippen LogP contribution is 2.34. The maximum Gasteiger partial charge on any atom is 0.264 e. The third-order valence-corrected chi connectivity index (χ3v) is 4.56. The molecule has 0 spiro atoms. The fourth-order valence-corrected chi connectivity index (χ4v) is 2.96. The van der Waals surface area contributed by atoms with Crippen LogP contribution in [0.15, 0.2) is 18.2 Å². The third kappa shape index (κ3) is 2.86. The Morgan fingerprint density at radius 1 is 1.29 bits per heavy atom. The zero-order valence-electron chi connectivity index (χ0n) is 11.6. The molecule has 0 fully saturated rings. The zero-order chi connectivity index (χ0) is 15.6. The van der Waals surface area contributed by atoms with E-state index in [1.165, 1.54) is 11.3 Å². The first-order chi connectivity index (χ1) is 9.96. The Morgan fingerprint density at radius 2 is 1.90 bits per heavy atom. The van der Waals surface area contributed by atoms with E-state index in [9.17, 15) is 20.1 Å². The molecule has 1 heterocycles. The summed E-state index contributed by atoms with van der Waals surface area (Å²) in [6.07, 6.45) is 0. The van der Waals surface area contributed by atoms with Crippen molar-refractivity contribution < 1.29 is 20.1 Å². The summed E-state index contributed by atoms with van der Waals surface area (Å²) in [5.41, 5.74) is 5.95. The number of fused-ring (bicyclic) bond motifs is 1. The van der Waals surface area contributed by atoms with E-state index >= 15 is 0 Å². The quantitative estimate of drug-likeness (QED) is 0.542. The number of hydrogen-bond acceptors (Lipinski definition) is 6. The van der Waals surface area contributed by atoms with Gasteiger partial charge in [0.1, 0.15) is 10.4 Å². The molecular weight excluding hydrogens is 292 g/mol. The van der Waals surface area contributed by atoms with Crippen molar-refractivity contribution in [3.63, 3.8) is 0 Å². The number of hydrogen-bond donors (Lipinski definition) is 5. The second kappa shape index (κ2) is 5.98. The molecule has 114 valence electrons. The maximum absolute atomic E-state index is 12.3. The minimum atomic E-state index is -1.46. The van der Waals surface area contributed by atoms with Gasteiger partial charge in [-0.1, -0.05) is 11.6 Å². The number of rotatable bonds is 5. The predicted octanol–water partition coefficient (Wildman–Crippen LogP) is 0.237. The van der Waals surface area contributed by atoms with Gasteiger partial charge in [-0.15, -0.1) is 11.3 Å². The molecule has 1 amide bonds. The summed E-state index contributed by atoms with van der Waals surface area (Å²) in [6.45, 7) is 0.214. The topological polar surface area (TPSA) is 116 Å². The van der Waals surface area contributed by atoms with Crippen molar-refractivity contribution in [2.45, 2.75) is 12.5 Å². The minimum Gasteiger partial charge on any atom is -0.397 e. The number of nitrogens with one attached hydrogen (secondary N) is 1. The highest BCUT2D eigenvalue weighted by molar-refractivity contribution is 7.21. The summed E-state index contributed by atoms with van der Waals surface area (Å²) < 4.78 is 0.880. The first kappa shape index (κ1) is 15.7. The SMILES string of the molecule is Cc1ccc2sc(C(=O)NC(CO)(CO)CO)c(N)c2c1. The zero-order valence-corrected chi connectivity index (χ0v) is 12.4. The van der Waals surface area contributed by atoms with Gasteiger partial charge in [0, 0.05) is 10.1 Å². The van der Waals surface area contributed by atoms with Gasteiger partial charge in [0.15, 0.2) is 0 Å². The van der Waals surface area contributed by atoms with Crippen LogP contribution in [0.5, 0.6) is 0 Å². The molecule has 2 rings (SSSR count). The Kier molecular flexibility index (Phi) is 4.48. The monoisotopic (exact) mass is 310 g/mol. The van der Waals surface area contributed by atoms with Gasteiger partial charge in [-0.2, -0.15) is 0 Å². The number of carbonyl (C=O) groups excluding carboxylic acids is 1. The highest BCUT2D eigenvalue weighted by Gasteiger charge is 2.31. The fraction of sp³-hybridized carbons (Fsp3) is 0.357. The number of nitrogen functional groups attached to an aromatic ring is 1. The van der Waals surface area contributed by atoms with E-state index in [1.54, 1.807) is 0 Å². The van der Waals surface area contributed by atoms with Crippen molar-refractivity contribution >= 4 is 33.0 Å². The molecule has 21 heavy (non-hydrogen) atoms. The molecule has 0 unspecified atom stereocenters. The van der Waals surface area contributed by atoms with Crippen LogP contribution >= 0.6 is 11.3 Å². The van der Waals surface area contributed by atoms with Crippen LogP contribution in [0.1, 0.15) is 15.2 Å². The normalized spacial score (nSPS) is 11.8. The second-order valence-corrected chi connectivity index (χ2v) is 6.11. The van der Waals surface area contributed by atoms with E-state index in [0.717, 1.165) is 15.6 Å². The average Bonchev–Trinajstić information content (AvgIpc) is 2.82. The lowest BCUT2D eigenvalue weighted by Crippen LogP contribution is -2.56. The Labute approximate surface area is 125 Å². The lowest BCUT2D eigenvalue weighted by atomic mass is 10.0. The van der Waals surface area contributed by atoms with Crippen LogP contribution in [-0.4, -0.2) is 46.6 Å². The number of carbonyl (C=O) groups is 1. The minimum absolute atomic E-state index is 0.301. The van der Waals surface area contributed by atoms with Gasteiger partial charge in [0.25, 0.3) is 5.91 Å². The molecule has 0 aliphatic carbocycles. The van der Waals surface area contributed by atoms with Gasteiger partial charge < -0.3 is 26.4 Å². The van der Waals surface area contributed by atoms with Gasteiger partial charge in [0.05, 0.1) is 25.5 Å². The van der Waals surface area contributed by atoms with Crippen molar-refractivity contribution in [3.8, 4) is 0 Å². The smallest absolute Gasteiger partial charge is 0.264 e. The van der Waals surface area contributed by atoms with Crippen molar-refractivity contribution in [3.05, 3.63) is 28.6 Å². The van der Waals surface area contributed by atoms with Crippen molar-refractivity contribution in [2.75, 3.05) is 25.6 Å². The highest BCUT2D eigenvalue weighted by atomic mass is 32.1. The Balaban J connectivity index is 2.38. The Bertz CT molecular complexity index is 656. The van der Waals surface area contributed by atoms with E-state index in [1.807, 2.05) is 25.1 Å². The third-order valence-electron chi connectivity index (χ3n) is 3.37. The number of anilines is 1. The average molecular weight is 310 g/mol. The lowest BCUT2D eigenvalue weighted by molar-refractivity contribution is 0.0377. The van der Waals surface area contributed by atoms with Crippen molar-refractivity contribution in [1.82, 2.24) is 5.32 Å². The molecule has 2 aromatic rings. The number of amides is 1. The molecule has 0 atom stereocenters. The van der Waals surface area contributed by atoms with Crippen LogP contribution in [0.3, 0.4) is 0 Å². The van der Waals surface area contributed by atoms with E-state index in [2.05, 4.69) is 5.32 Å². The van der Waals surface area contributed by atoms with Crippen molar-refractivity contribution in [2.24, 2.45) is 0 Å². The molecule has 7 heteroatoms. The summed E-state index contributed by atoms with van der Waals surface area (Å²) in [4.78, 5) is 12.6. The first-order valence-corrected chi connectivity index (χ1v) is 7.21.